The van der Waals surface area contributed by atoms with E-state index in [1.165, 1.54) is 30.5 Å². The van der Waals surface area contributed by atoms with Gasteiger partial charge in [0.15, 0.2) is 0 Å². The van der Waals surface area contributed by atoms with E-state index in [9.17, 15) is 22.4 Å². The van der Waals surface area contributed by atoms with E-state index in [2.05, 4.69) is 21.4 Å². The quantitative estimate of drug-likeness (QED) is 0.215. The number of carbonyl (C=O) groups excluding carboxylic acids is 1. The van der Waals surface area contributed by atoms with Crippen molar-refractivity contribution in [3.05, 3.63) is 98.8 Å². The van der Waals surface area contributed by atoms with Gasteiger partial charge in [-0.25, -0.2) is 17.6 Å². The van der Waals surface area contributed by atoms with Crippen molar-refractivity contribution in [2.24, 2.45) is 0 Å². The summed E-state index contributed by atoms with van der Waals surface area (Å²) >= 11 is 3.23. The maximum Gasteiger partial charge on any atom is 0.340 e. The predicted molar refractivity (Wildman–Crippen MR) is 139 cm³/mol. The Kier molecular flexibility index (Phi) is 6.44. The van der Waals surface area contributed by atoms with Crippen LogP contribution in [0.2, 0.25) is 0 Å². The van der Waals surface area contributed by atoms with Crippen molar-refractivity contribution >= 4 is 53.8 Å². The smallest absolute Gasteiger partial charge is 0.340 e. The van der Waals surface area contributed by atoms with Crippen molar-refractivity contribution < 1.29 is 26.4 Å². The van der Waals surface area contributed by atoms with Crippen LogP contribution in [0.25, 0.3) is 33.1 Å². The van der Waals surface area contributed by atoms with Crippen molar-refractivity contribution in [2.75, 3.05) is 0 Å². The van der Waals surface area contributed by atoms with Gasteiger partial charge in [0.2, 0.25) is 5.91 Å². The molecule has 0 bridgehead atoms. The molecule has 1 amide bonds. The number of nitrogens with one attached hydrogen (secondary N) is 2. The fraction of sp³-hybridized carbons (Fsp3) is 0.0769. The summed E-state index contributed by atoms with van der Waals surface area (Å²) in [6, 6.07) is 15.2. The molecular formula is C26H18BrFN2O6S. The zero-order chi connectivity index (χ0) is 26.3. The minimum absolute atomic E-state index is 0.0431. The summed E-state index contributed by atoms with van der Waals surface area (Å²) in [5.74, 6) is -1.10. The average molecular weight is 585 g/mol. The Labute approximate surface area is 218 Å². The lowest BCUT2D eigenvalue weighted by Gasteiger charge is -2.10. The molecule has 0 spiro atoms. The molecule has 3 aromatic carbocycles. The van der Waals surface area contributed by atoms with Crippen LogP contribution in [0.5, 0.6) is 0 Å². The number of amides is 1. The molecule has 0 saturated carbocycles. The summed E-state index contributed by atoms with van der Waals surface area (Å²) in [7, 11) is -4.01. The Morgan fingerprint density at radius 3 is 2.41 bits per heavy atom. The van der Waals surface area contributed by atoms with Crippen LogP contribution >= 0.6 is 15.9 Å². The van der Waals surface area contributed by atoms with Crippen LogP contribution in [0.15, 0.2) is 89.9 Å². The van der Waals surface area contributed by atoms with Crippen molar-refractivity contribution in [1.29, 1.82) is 0 Å². The number of hydrazine groups is 1. The second kappa shape index (κ2) is 9.58. The SMILES string of the molecule is Cc1c(CC(=O)NNS(=O)(=O)c2ccc(Br)cc2)c(=O)oc2cc3occ(-c4ccc(F)cc4)c3cc12. The third-order valence-corrected chi connectivity index (χ3v) is 7.71. The first kappa shape index (κ1) is 24.9. The van der Waals surface area contributed by atoms with E-state index in [0.29, 0.717) is 26.4 Å². The summed E-state index contributed by atoms with van der Waals surface area (Å²) in [5.41, 5.74) is 4.21. The summed E-state index contributed by atoms with van der Waals surface area (Å²) < 4.78 is 50.0. The normalized spacial score (nSPS) is 11.8. The molecule has 0 unspecified atom stereocenters. The number of benzene rings is 3. The van der Waals surface area contributed by atoms with Gasteiger partial charge in [0.25, 0.3) is 10.0 Å². The van der Waals surface area contributed by atoms with E-state index >= 15 is 0 Å². The van der Waals surface area contributed by atoms with Gasteiger partial charge in [-0.1, -0.05) is 28.1 Å². The first-order valence-corrected chi connectivity index (χ1v) is 13.2. The lowest BCUT2D eigenvalue weighted by atomic mass is 9.99. The number of fused-ring (bicyclic) bond motifs is 2. The molecule has 0 atom stereocenters. The molecule has 0 fully saturated rings. The van der Waals surface area contributed by atoms with E-state index in [4.69, 9.17) is 8.83 Å². The van der Waals surface area contributed by atoms with Gasteiger partial charge in [-0.2, -0.15) is 0 Å². The molecule has 5 aromatic rings. The first-order chi connectivity index (χ1) is 17.6. The molecule has 2 aromatic heterocycles. The summed E-state index contributed by atoms with van der Waals surface area (Å²) in [6.07, 6.45) is 1.12. The Hall–Kier alpha value is -3.80. The topological polar surface area (TPSA) is 119 Å². The standard InChI is InChI=1S/C26H18BrFN2O6S/c1-14-19-10-21-22(15-2-6-17(28)7-3-15)13-35-23(21)12-24(19)36-26(32)20(14)11-25(31)29-30-37(33,34)18-8-4-16(27)5-9-18/h2-10,12-13,30H,11H2,1H3,(H,29,31). The molecule has 8 nitrogen and oxygen atoms in total. The Balaban J connectivity index is 1.44. The van der Waals surface area contributed by atoms with Crippen LogP contribution in [0.3, 0.4) is 0 Å². The molecule has 0 aliphatic heterocycles. The molecule has 2 heterocycles. The van der Waals surface area contributed by atoms with Crippen LogP contribution in [0.4, 0.5) is 4.39 Å². The van der Waals surface area contributed by atoms with Crippen molar-refractivity contribution in [2.45, 2.75) is 18.2 Å². The summed E-state index contributed by atoms with van der Waals surface area (Å²) in [4.78, 5) is 27.2. The third-order valence-electron chi connectivity index (χ3n) is 5.92. The van der Waals surface area contributed by atoms with Gasteiger partial charge >= 0.3 is 5.63 Å². The Bertz CT molecular complexity index is 1830. The van der Waals surface area contributed by atoms with E-state index < -0.39 is 28.0 Å². The number of rotatable bonds is 6. The zero-order valence-electron chi connectivity index (χ0n) is 19.2. The maximum atomic E-state index is 13.4. The highest BCUT2D eigenvalue weighted by molar-refractivity contribution is 9.10. The molecule has 0 radical (unpaired) electrons. The second-order valence-corrected chi connectivity index (χ2v) is 10.9. The number of carbonyl (C=O) groups is 1. The van der Waals surface area contributed by atoms with E-state index in [-0.39, 0.29) is 21.9 Å². The van der Waals surface area contributed by atoms with Crippen LogP contribution < -0.4 is 15.9 Å². The first-order valence-electron chi connectivity index (χ1n) is 10.9. The van der Waals surface area contributed by atoms with Crippen molar-refractivity contribution in [3.8, 4) is 11.1 Å². The molecule has 2 N–H and O–H groups in total. The zero-order valence-corrected chi connectivity index (χ0v) is 21.6. The molecule has 11 heteroatoms. The fourth-order valence-electron chi connectivity index (χ4n) is 3.97. The van der Waals surface area contributed by atoms with Crippen LogP contribution in [-0.2, 0) is 21.2 Å². The van der Waals surface area contributed by atoms with Crippen molar-refractivity contribution in [3.63, 3.8) is 0 Å². The van der Waals surface area contributed by atoms with Gasteiger partial charge in [-0.3, -0.25) is 10.2 Å². The lowest BCUT2D eigenvalue weighted by Crippen LogP contribution is -2.42. The van der Waals surface area contributed by atoms with Crippen molar-refractivity contribution in [1.82, 2.24) is 10.3 Å². The number of furan rings is 1. The molecule has 5 rings (SSSR count). The molecule has 0 aliphatic rings. The molecule has 0 saturated heterocycles. The maximum absolute atomic E-state index is 13.4. The Morgan fingerprint density at radius 2 is 1.70 bits per heavy atom. The van der Waals surface area contributed by atoms with Crippen LogP contribution in [0, 0.1) is 12.7 Å². The monoisotopic (exact) mass is 584 g/mol. The van der Waals surface area contributed by atoms with Crippen LogP contribution in [0.1, 0.15) is 11.1 Å². The number of hydrogen-bond acceptors (Lipinski definition) is 6. The van der Waals surface area contributed by atoms with Gasteiger partial charge in [0.1, 0.15) is 17.0 Å². The van der Waals surface area contributed by atoms with Gasteiger partial charge in [0.05, 0.1) is 23.1 Å². The summed E-state index contributed by atoms with van der Waals surface area (Å²) in [6.45, 7) is 1.68. The molecular weight excluding hydrogens is 567 g/mol. The van der Waals surface area contributed by atoms with E-state index in [1.807, 2.05) is 4.83 Å². The van der Waals surface area contributed by atoms with Gasteiger partial charge in [-0.05, 0) is 60.5 Å². The highest BCUT2D eigenvalue weighted by Crippen LogP contribution is 2.34. The lowest BCUT2D eigenvalue weighted by molar-refractivity contribution is -0.120. The van der Waals surface area contributed by atoms with Crippen LogP contribution in [-0.4, -0.2) is 14.3 Å². The highest BCUT2D eigenvalue weighted by atomic mass is 79.9. The number of hydrogen-bond donors (Lipinski definition) is 2. The molecule has 188 valence electrons. The summed E-state index contributed by atoms with van der Waals surface area (Å²) in [5, 5.41) is 1.30. The highest BCUT2D eigenvalue weighted by Gasteiger charge is 2.20. The predicted octanol–water partition coefficient (Wildman–Crippen LogP) is 4.97. The largest absolute Gasteiger partial charge is 0.464 e. The van der Waals surface area contributed by atoms with E-state index in [1.54, 1.807) is 43.3 Å². The number of sulfonamides is 1. The Morgan fingerprint density at radius 1 is 1.00 bits per heavy atom. The second-order valence-electron chi connectivity index (χ2n) is 8.28. The molecule has 0 aliphatic carbocycles. The van der Waals surface area contributed by atoms with Gasteiger partial charge in [0, 0.05) is 26.9 Å². The minimum atomic E-state index is -4.01. The average Bonchev–Trinajstić information content (AvgIpc) is 3.28. The van der Waals surface area contributed by atoms with Gasteiger partial charge < -0.3 is 8.83 Å². The number of halogens is 2. The van der Waals surface area contributed by atoms with Gasteiger partial charge in [-0.15, -0.1) is 4.83 Å². The fourth-order valence-corrected chi connectivity index (χ4v) is 5.09. The molecule has 37 heavy (non-hydrogen) atoms. The van der Waals surface area contributed by atoms with E-state index in [0.717, 1.165) is 11.1 Å². The third kappa shape index (κ3) is 4.93. The minimum Gasteiger partial charge on any atom is -0.464 e. The number of aryl methyl sites for hydroxylation is 1.